The van der Waals surface area contributed by atoms with Crippen LogP contribution in [0.5, 0.6) is 0 Å². The maximum Gasteiger partial charge on any atom is 0.404 e. The standard InChI is InChI=1S/C18H18F2NO3PS/c1-3-23-25(22,24-4-2)18(19,20)14-11-9-13(10-12-14)17-21-15-7-5-6-8-16(15)26-17/h5-12H,3-4H2,1-2H3. The third-order valence-electron chi connectivity index (χ3n) is 3.72. The average molecular weight is 397 g/mol. The van der Waals surface area contributed by atoms with Crippen molar-refractivity contribution in [3.63, 3.8) is 0 Å². The Bertz CT molecular complexity index is 900. The van der Waals surface area contributed by atoms with E-state index in [0.717, 1.165) is 15.2 Å². The molecule has 0 unspecified atom stereocenters. The number of fused-ring (bicyclic) bond motifs is 1. The number of para-hydroxylation sites is 1. The third-order valence-corrected chi connectivity index (χ3v) is 6.94. The van der Waals surface area contributed by atoms with Crippen molar-refractivity contribution in [2.75, 3.05) is 13.2 Å². The molecule has 26 heavy (non-hydrogen) atoms. The van der Waals surface area contributed by atoms with Crippen molar-refractivity contribution in [1.82, 2.24) is 4.98 Å². The van der Waals surface area contributed by atoms with Gasteiger partial charge < -0.3 is 9.05 Å². The minimum absolute atomic E-state index is 0.128. The van der Waals surface area contributed by atoms with Crippen LogP contribution in [0.25, 0.3) is 20.8 Å². The Morgan fingerprint density at radius 2 is 1.65 bits per heavy atom. The highest BCUT2D eigenvalue weighted by atomic mass is 32.1. The van der Waals surface area contributed by atoms with Crippen LogP contribution in [-0.2, 0) is 19.3 Å². The largest absolute Gasteiger partial charge is 0.404 e. The molecule has 0 N–H and O–H groups in total. The molecule has 138 valence electrons. The maximum absolute atomic E-state index is 14.8. The molecule has 0 bridgehead atoms. The maximum atomic E-state index is 14.8. The Hall–Kier alpha value is -1.66. The van der Waals surface area contributed by atoms with Gasteiger partial charge in [0.2, 0.25) is 0 Å². The summed E-state index contributed by atoms with van der Waals surface area (Å²) in [5.74, 6) is 0. The summed E-state index contributed by atoms with van der Waals surface area (Å²) in [6.07, 6.45) is 0. The number of benzene rings is 2. The summed E-state index contributed by atoms with van der Waals surface area (Å²) in [5.41, 5.74) is -2.56. The number of thiazole rings is 1. The normalized spacial score (nSPS) is 12.6. The van der Waals surface area contributed by atoms with E-state index in [1.807, 2.05) is 24.3 Å². The van der Waals surface area contributed by atoms with Crippen LogP contribution in [0.15, 0.2) is 48.5 Å². The van der Waals surface area contributed by atoms with Crippen LogP contribution in [0.1, 0.15) is 19.4 Å². The predicted molar refractivity (Wildman–Crippen MR) is 99.8 cm³/mol. The summed E-state index contributed by atoms with van der Waals surface area (Å²) in [7, 11) is -4.60. The number of hydrogen-bond acceptors (Lipinski definition) is 5. The van der Waals surface area contributed by atoms with Gasteiger partial charge in [-0.15, -0.1) is 11.3 Å². The lowest BCUT2D eigenvalue weighted by Crippen LogP contribution is -2.18. The summed E-state index contributed by atoms with van der Waals surface area (Å²) in [6.45, 7) is 2.74. The van der Waals surface area contributed by atoms with Crippen molar-refractivity contribution >= 4 is 29.1 Å². The van der Waals surface area contributed by atoms with Gasteiger partial charge in [-0.1, -0.05) is 36.4 Å². The highest BCUT2D eigenvalue weighted by Gasteiger charge is 2.54. The molecule has 8 heteroatoms. The van der Waals surface area contributed by atoms with Gasteiger partial charge in [-0.3, -0.25) is 4.57 Å². The molecular formula is C18H18F2NO3PS. The lowest BCUT2D eigenvalue weighted by Gasteiger charge is -2.26. The molecule has 0 spiro atoms. The molecule has 0 saturated heterocycles. The summed E-state index contributed by atoms with van der Waals surface area (Å²) in [4.78, 5) is 4.51. The molecule has 0 aliphatic heterocycles. The van der Waals surface area contributed by atoms with Crippen molar-refractivity contribution in [1.29, 1.82) is 0 Å². The summed E-state index contributed by atoms with van der Waals surface area (Å²) >= 11 is 1.48. The van der Waals surface area contributed by atoms with Crippen LogP contribution in [0.2, 0.25) is 0 Å². The molecule has 0 radical (unpaired) electrons. The van der Waals surface area contributed by atoms with Crippen molar-refractivity contribution < 1.29 is 22.4 Å². The van der Waals surface area contributed by atoms with Gasteiger partial charge in [0.05, 0.1) is 23.4 Å². The van der Waals surface area contributed by atoms with Gasteiger partial charge in [-0.2, -0.15) is 8.78 Å². The van der Waals surface area contributed by atoms with Gasteiger partial charge in [0.25, 0.3) is 0 Å². The van der Waals surface area contributed by atoms with E-state index in [0.29, 0.717) is 5.56 Å². The Morgan fingerprint density at radius 1 is 1.04 bits per heavy atom. The summed E-state index contributed by atoms with van der Waals surface area (Å²) < 4.78 is 52.7. The molecule has 0 amide bonds. The number of alkyl halides is 2. The fraction of sp³-hybridized carbons (Fsp3) is 0.278. The van der Waals surface area contributed by atoms with Gasteiger partial charge in [-0.05, 0) is 26.0 Å². The van der Waals surface area contributed by atoms with Gasteiger partial charge in [0, 0.05) is 11.1 Å². The SMILES string of the molecule is CCOP(=O)(OCC)C(F)(F)c1ccc(-c2nc3ccccc3s2)cc1. The van der Waals surface area contributed by atoms with E-state index in [2.05, 4.69) is 4.98 Å². The van der Waals surface area contributed by atoms with Gasteiger partial charge in [0.15, 0.2) is 0 Å². The molecule has 0 aliphatic rings. The Kier molecular flexibility index (Phi) is 5.53. The lowest BCUT2D eigenvalue weighted by atomic mass is 10.1. The molecule has 4 nitrogen and oxygen atoms in total. The van der Waals surface area contributed by atoms with Gasteiger partial charge >= 0.3 is 13.3 Å². The van der Waals surface area contributed by atoms with Crippen LogP contribution in [0, 0.1) is 0 Å². The van der Waals surface area contributed by atoms with Gasteiger partial charge in [-0.25, -0.2) is 4.98 Å². The summed E-state index contributed by atoms with van der Waals surface area (Å²) in [5, 5.41) is 0.735. The van der Waals surface area contributed by atoms with E-state index >= 15 is 0 Å². The lowest BCUT2D eigenvalue weighted by molar-refractivity contribution is 0.0361. The zero-order valence-corrected chi connectivity index (χ0v) is 16.0. The number of halogens is 2. The van der Waals surface area contributed by atoms with Crippen molar-refractivity contribution in [2.24, 2.45) is 0 Å². The third kappa shape index (κ3) is 3.45. The zero-order valence-electron chi connectivity index (χ0n) is 14.3. The first kappa shape index (κ1) is 19.1. The van der Waals surface area contributed by atoms with E-state index in [9.17, 15) is 13.3 Å². The second kappa shape index (κ2) is 7.53. The second-order valence-corrected chi connectivity index (χ2v) is 8.54. The van der Waals surface area contributed by atoms with Crippen LogP contribution in [0.4, 0.5) is 8.78 Å². The fourth-order valence-corrected chi connectivity index (χ4v) is 5.02. The number of hydrogen-bond donors (Lipinski definition) is 0. The number of rotatable bonds is 7. The van der Waals surface area contributed by atoms with E-state index < -0.39 is 18.8 Å². The Balaban J connectivity index is 1.94. The first-order chi connectivity index (χ1) is 12.4. The van der Waals surface area contributed by atoms with Gasteiger partial charge in [0.1, 0.15) is 5.01 Å². The molecule has 3 aromatic rings. The molecule has 1 heterocycles. The predicted octanol–water partition coefficient (Wildman–Crippen LogP) is 6.28. The van der Waals surface area contributed by atoms with Crippen molar-refractivity contribution in [3.8, 4) is 10.6 Å². The van der Waals surface area contributed by atoms with E-state index in [-0.39, 0.29) is 13.2 Å². The Labute approximate surface area is 154 Å². The molecule has 1 aromatic heterocycles. The van der Waals surface area contributed by atoms with E-state index in [4.69, 9.17) is 9.05 Å². The second-order valence-electron chi connectivity index (χ2n) is 5.44. The molecule has 2 aromatic carbocycles. The highest BCUT2D eigenvalue weighted by Crippen LogP contribution is 2.66. The molecule has 3 rings (SSSR count). The first-order valence-electron chi connectivity index (χ1n) is 8.15. The topological polar surface area (TPSA) is 48.4 Å². The molecule has 0 saturated carbocycles. The Morgan fingerprint density at radius 3 is 2.23 bits per heavy atom. The minimum Gasteiger partial charge on any atom is -0.304 e. The van der Waals surface area contributed by atoms with E-state index in [1.165, 1.54) is 37.3 Å². The summed E-state index contributed by atoms with van der Waals surface area (Å²) in [6, 6.07) is 13.3. The number of aromatic nitrogens is 1. The smallest absolute Gasteiger partial charge is 0.304 e. The van der Waals surface area contributed by atoms with E-state index in [1.54, 1.807) is 12.1 Å². The molecule has 0 aliphatic carbocycles. The fourth-order valence-electron chi connectivity index (χ4n) is 2.51. The zero-order chi connectivity index (χ0) is 18.8. The number of nitrogens with zero attached hydrogens (tertiary/aromatic N) is 1. The quantitative estimate of drug-likeness (QED) is 0.440. The first-order valence-corrected chi connectivity index (χ1v) is 10.5. The van der Waals surface area contributed by atoms with Crippen molar-refractivity contribution in [2.45, 2.75) is 19.5 Å². The van der Waals surface area contributed by atoms with Crippen LogP contribution < -0.4 is 0 Å². The average Bonchev–Trinajstić information content (AvgIpc) is 3.06. The highest BCUT2D eigenvalue weighted by molar-refractivity contribution is 7.54. The van der Waals surface area contributed by atoms with Crippen LogP contribution >= 0.6 is 18.9 Å². The van der Waals surface area contributed by atoms with Crippen LogP contribution in [0.3, 0.4) is 0 Å². The van der Waals surface area contributed by atoms with Crippen molar-refractivity contribution in [3.05, 3.63) is 54.1 Å². The minimum atomic E-state index is -4.60. The monoisotopic (exact) mass is 397 g/mol. The molecule has 0 fully saturated rings. The molecule has 0 atom stereocenters. The molecular weight excluding hydrogens is 379 g/mol. The van der Waals surface area contributed by atoms with Crippen LogP contribution in [-0.4, -0.2) is 18.2 Å².